The van der Waals surface area contributed by atoms with Crippen LogP contribution in [0.25, 0.3) is 11.5 Å². The van der Waals surface area contributed by atoms with Gasteiger partial charge in [0.1, 0.15) is 0 Å². The predicted octanol–water partition coefficient (Wildman–Crippen LogP) is 4.06. The summed E-state index contributed by atoms with van der Waals surface area (Å²) < 4.78 is 6.24. The molecule has 0 saturated carbocycles. The zero-order valence-corrected chi connectivity index (χ0v) is 12.3. The van der Waals surface area contributed by atoms with Gasteiger partial charge in [0.15, 0.2) is 0 Å². The fourth-order valence-electron chi connectivity index (χ4n) is 1.84. The van der Waals surface area contributed by atoms with Gasteiger partial charge in [-0.15, -0.1) is 0 Å². The summed E-state index contributed by atoms with van der Waals surface area (Å²) in [6, 6.07) is 5.77. The highest BCUT2D eigenvalue weighted by atomic mass is 79.9. The van der Waals surface area contributed by atoms with Gasteiger partial charge in [-0.1, -0.05) is 25.0 Å². The first-order chi connectivity index (χ1) is 9.02. The summed E-state index contributed by atoms with van der Waals surface area (Å²) in [5.41, 5.74) is 2.33. The molecule has 1 N–H and O–H groups in total. The van der Waals surface area contributed by atoms with E-state index in [1.165, 1.54) is 0 Å². The van der Waals surface area contributed by atoms with Gasteiger partial charge in [-0.25, -0.2) is 9.78 Å². The molecule has 0 fully saturated rings. The number of oxazole rings is 1. The Kier molecular flexibility index (Phi) is 4.04. The third kappa shape index (κ3) is 2.87. The molecule has 1 aromatic heterocycles. The Balaban J connectivity index is 2.53. The first-order valence-electron chi connectivity index (χ1n) is 6.02. The lowest BCUT2D eigenvalue weighted by atomic mass is 10.1. The van der Waals surface area contributed by atoms with Crippen LogP contribution in [0.1, 0.15) is 35.2 Å². The maximum atomic E-state index is 11.1. The Morgan fingerprint density at radius 3 is 2.84 bits per heavy atom. The van der Waals surface area contributed by atoms with E-state index < -0.39 is 5.97 Å². The fourth-order valence-corrected chi connectivity index (χ4v) is 2.26. The van der Waals surface area contributed by atoms with Gasteiger partial charge in [-0.3, -0.25) is 0 Å². The summed E-state index contributed by atoms with van der Waals surface area (Å²) >= 11 is 3.43. The normalized spacial score (nSPS) is 10.7. The van der Waals surface area contributed by atoms with Crippen molar-refractivity contribution < 1.29 is 14.3 Å². The van der Waals surface area contributed by atoms with E-state index in [9.17, 15) is 4.79 Å². The number of hydrogen-bond acceptors (Lipinski definition) is 3. The predicted molar refractivity (Wildman–Crippen MR) is 75.3 cm³/mol. The topological polar surface area (TPSA) is 63.3 Å². The number of aromatic nitrogens is 1. The summed E-state index contributed by atoms with van der Waals surface area (Å²) in [6.07, 6.45) is 1.41. The van der Waals surface area contributed by atoms with E-state index in [1.807, 2.05) is 32.0 Å². The molecule has 0 atom stereocenters. The number of aromatic carboxylic acids is 1. The lowest BCUT2D eigenvalue weighted by Gasteiger charge is -2.00. The molecule has 0 aliphatic heterocycles. The Hall–Kier alpha value is -1.62. The molecule has 0 saturated heterocycles. The molecule has 0 spiro atoms. The third-order valence-corrected chi connectivity index (χ3v) is 3.42. The van der Waals surface area contributed by atoms with Gasteiger partial charge in [-0.05, 0) is 41.4 Å². The van der Waals surface area contributed by atoms with Crippen molar-refractivity contribution in [3.05, 3.63) is 39.7 Å². The summed E-state index contributed by atoms with van der Waals surface area (Å²) in [6.45, 7) is 3.94. The maximum absolute atomic E-state index is 11.1. The zero-order chi connectivity index (χ0) is 14.0. The fraction of sp³-hybridized carbons (Fsp3) is 0.286. The van der Waals surface area contributed by atoms with E-state index in [2.05, 4.69) is 20.9 Å². The molecule has 5 heteroatoms. The summed E-state index contributed by atoms with van der Waals surface area (Å²) in [7, 11) is 0. The molecular formula is C14H14BrNO3. The maximum Gasteiger partial charge on any atom is 0.373 e. The van der Waals surface area contributed by atoms with Gasteiger partial charge in [0.25, 0.3) is 0 Å². The Bertz CT molecular complexity index is 619. The minimum Gasteiger partial charge on any atom is -0.475 e. The van der Waals surface area contributed by atoms with Crippen LogP contribution in [0.3, 0.4) is 0 Å². The minimum atomic E-state index is -1.08. The van der Waals surface area contributed by atoms with Crippen LogP contribution in [0.4, 0.5) is 0 Å². The number of nitrogens with zero attached hydrogens (tertiary/aromatic N) is 1. The third-order valence-electron chi connectivity index (χ3n) is 2.73. The van der Waals surface area contributed by atoms with E-state index >= 15 is 0 Å². The Labute approximate surface area is 119 Å². The molecule has 0 radical (unpaired) electrons. The van der Waals surface area contributed by atoms with Crippen molar-refractivity contribution in [2.75, 3.05) is 0 Å². The number of hydrogen-bond donors (Lipinski definition) is 1. The summed E-state index contributed by atoms with van der Waals surface area (Å²) in [5.74, 6) is -0.798. The second-order valence-corrected chi connectivity index (χ2v) is 5.19. The number of carbonyl (C=O) groups is 1. The average molecular weight is 324 g/mol. The highest BCUT2D eigenvalue weighted by Crippen LogP contribution is 2.30. The Morgan fingerprint density at radius 1 is 1.47 bits per heavy atom. The van der Waals surface area contributed by atoms with Crippen molar-refractivity contribution in [3.63, 3.8) is 0 Å². The molecule has 100 valence electrons. The SMILES string of the molecule is CCCc1nc(-c2cc(C)ccc2Br)oc1C(=O)O. The van der Waals surface area contributed by atoms with E-state index in [0.717, 1.165) is 22.0 Å². The summed E-state index contributed by atoms with van der Waals surface area (Å²) in [4.78, 5) is 15.5. The molecule has 1 heterocycles. The number of carboxylic acids is 1. The molecule has 0 unspecified atom stereocenters. The van der Waals surface area contributed by atoms with Crippen LogP contribution in [0.5, 0.6) is 0 Å². The quantitative estimate of drug-likeness (QED) is 0.921. The lowest BCUT2D eigenvalue weighted by molar-refractivity contribution is 0.0661. The first-order valence-corrected chi connectivity index (χ1v) is 6.81. The van der Waals surface area contributed by atoms with Gasteiger partial charge in [0.05, 0.1) is 11.3 Å². The van der Waals surface area contributed by atoms with Gasteiger partial charge in [0.2, 0.25) is 11.7 Å². The van der Waals surface area contributed by atoms with Crippen LogP contribution in [-0.4, -0.2) is 16.1 Å². The summed E-state index contributed by atoms with van der Waals surface area (Å²) in [5, 5.41) is 9.13. The van der Waals surface area contributed by atoms with Crippen molar-refractivity contribution >= 4 is 21.9 Å². The van der Waals surface area contributed by atoms with Crippen LogP contribution in [0.2, 0.25) is 0 Å². The van der Waals surface area contributed by atoms with E-state index in [0.29, 0.717) is 18.0 Å². The number of rotatable bonds is 4. The van der Waals surface area contributed by atoms with Crippen molar-refractivity contribution in [2.24, 2.45) is 0 Å². The molecular weight excluding hydrogens is 310 g/mol. The number of benzene rings is 1. The van der Waals surface area contributed by atoms with E-state index in [-0.39, 0.29) is 5.76 Å². The van der Waals surface area contributed by atoms with Crippen LogP contribution in [0, 0.1) is 6.92 Å². The Morgan fingerprint density at radius 2 is 2.21 bits per heavy atom. The number of halogens is 1. The van der Waals surface area contributed by atoms with Crippen molar-refractivity contribution in [1.82, 2.24) is 4.98 Å². The van der Waals surface area contributed by atoms with Crippen molar-refractivity contribution in [2.45, 2.75) is 26.7 Å². The van der Waals surface area contributed by atoms with Gasteiger partial charge < -0.3 is 9.52 Å². The van der Waals surface area contributed by atoms with Gasteiger partial charge in [0, 0.05) is 4.47 Å². The van der Waals surface area contributed by atoms with Crippen LogP contribution < -0.4 is 0 Å². The van der Waals surface area contributed by atoms with E-state index in [1.54, 1.807) is 0 Å². The highest BCUT2D eigenvalue weighted by molar-refractivity contribution is 9.10. The van der Waals surface area contributed by atoms with Crippen molar-refractivity contribution in [3.8, 4) is 11.5 Å². The van der Waals surface area contributed by atoms with Gasteiger partial charge >= 0.3 is 5.97 Å². The molecule has 0 amide bonds. The molecule has 0 aliphatic rings. The average Bonchev–Trinajstić information content (AvgIpc) is 2.77. The number of carboxylic acid groups (broad SMARTS) is 1. The number of aryl methyl sites for hydroxylation is 2. The van der Waals surface area contributed by atoms with Crippen LogP contribution in [0.15, 0.2) is 27.1 Å². The van der Waals surface area contributed by atoms with Gasteiger partial charge in [-0.2, -0.15) is 0 Å². The van der Waals surface area contributed by atoms with Crippen molar-refractivity contribution in [1.29, 1.82) is 0 Å². The molecule has 19 heavy (non-hydrogen) atoms. The monoisotopic (exact) mass is 323 g/mol. The smallest absolute Gasteiger partial charge is 0.373 e. The molecule has 4 nitrogen and oxygen atoms in total. The molecule has 2 rings (SSSR count). The van der Waals surface area contributed by atoms with Crippen LogP contribution >= 0.6 is 15.9 Å². The highest BCUT2D eigenvalue weighted by Gasteiger charge is 2.20. The molecule has 1 aromatic carbocycles. The van der Waals surface area contributed by atoms with E-state index in [4.69, 9.17) is 9.52 Å². The molecule has 0 bridgehead atoms. The second kappa shape index (κ2) is 5.57. The first kappa shape index (κ1) is 13.8. The standard InChI is InChI=1S/C14H14BrNO3/c1-3-4-11-12(14(17)18)19-13(16-11)9-7-8(2)5-6-10(9)15/h5-7H,3-4H2,1-2H3,(H,17,18). The lowest BCUT2D eigenvalue weighted by Crippen LogP contribution is -1.99. The molecule has 2 aromatic rings. The largest absolute Gasteiger partial charge is 0.475 e. The second-order valence-electron chi connectivity index (χ2n) is 4.33. The minimum absolute atomic E-state index is 0.0646. The zero-order valence-electron chi connectivity index (χ0n) is 10.7. The van der Waals surface area contributed by atoms with Crippen LogP contribution in [-0.2, 0) is 6.42 Å². The molecule has 0 aliphatic carbocycles.